The van der Waals surface area contributed by atoms with Gasteiger partial charge < -0.3 is 4.42 Å². The van der Waals surface area contributed by atoms with Gasteiger partial charge in [0, 0.05) is 12.0 Å². The normalized spacial score (nSPS) is 22.6. The van der Waals surface area contributed by atoms with Gasteiger partial charge in [-0.05, 0) is 18.8 Å². The Morgan fingerprint density at radius 1 is 1.41 bits per heavy atom. The zero-order chi connectivity index (χ0) is 16.6. The van der Waals surface area contributed by atoms with Crippen LogP contribution in [0.3, 0.4) is 0 Å². The molecule has 22 heavy (non-hydrogen) atoms. The molecule has 0 saturated carbocycles. The first-order valence-corrected chi connectivity index (χ1v) is 10.5. The fourth-order valence-corrected chi connectivity index (χ4v) is 5.06. The maximum Gasteiger partial charge on any atom is 0.275 e. The van der Waals surface area contributed by atoms with E-state index in [0.717, 1.165) is 0 Å². The topological polar surface area (TPSA) is 106 Å². The summed E-state index contributed by atoms with van der Waals surface area (Å²) < 4.78 is 55.2. The van der Waals surface area contributed by atoms with E-state index in [4.69, 9.17) is 4.42 Å². The molecule has 2 rings (SSSR count). The molecule has 2 heterocycles. The van der Waals surface area contributed by atoms with Crippen molar-refractivity contribution in [3.8, 4) is 0 Å². The number of oxazole rings is 1. The van der Waals surface area contributed by atoms with Crippen LogP contribution in [0.4, 0.5) is 0 Å². The van der Waals surface area contributed by atoms with Crippen molar-refractivity contribution in [3.63, 3.8) is 0 Å². The Morgan fingerprint density at radius 3 is 2.64 bits per heavy atom. The van der Waals surface area contributed by atoms with Crippen LogP contribution in [0.2, 0.25) is 0 Å². The van der Waals surface area contributed by atoms with E-state index in [1.807, 2.05) is 20.8 Å². The SMILES string of the molecule is CC(C)(C)c1ncc(S(=O)(=O)NCC2CCCS(=O)(=O)C2)o1. The monoisotopic (exact) mass is 350 g/mol. The van der Waals surface area contributed by atoms with Crippen LogP contribution in [-0.4, -0.2) is 39.9 Å². The van der Waals surface area contributed by atoms with Gasteiger partial charge in [0.15, 0.2) is 9.84 Å². The molecule has 0 bridgehead atoms. The summed E-state index contributed by atoms with van der Waals surface area (Å²) >= 11 is 0. The Balaban J connectivity index is 2.04. The second kappa shape index (κ2) is 5.93. The van der Waals surface area contributed by atoms with Crippen molar-refractivity contribution in [2.75, 3.05) is 18.1 Å². The third-order valence-electron chi connectivity index (χ3n) is 3.51. The molecular weight excluding hydrogens is 328 g/mol. The maximum atomic E-state index is 12.2. The van der Waals surface area contributed by atoms with Crippen LogP contribution in [0.25, 0.3) is 0 Å². The molecule has 1 aliphatic heterocycles. The highest BCUT2D eigenvalue weighted by Gasteiger charge is 2.29. The quantitative estimate of drug-likeness (QED) is 0.871. The van der Waals surface area contributed by atoms with Crippen LogP contribution in [0.15, 0.2) is 15.7 Å². The van der Waals surface area contributed by atoms with E-state index in [0.29, 0.717) is 18.7 Å². The molecule has 0 amide bonds. The molecule has 1 aromatic rings. The summed E-state index contributed by atoms with van der Waals surface area (Å²) in [4.78, 5) is 3.99. The molecule has 1 fully saturated rings. The predicted molar refractivity (Wildman–Crippen MR) is 81.8 cm³/mol. The van der Waals surface area contributed by atoms with E-state index in [9.17, 15) is 16.8 Å². The third kappa shape index (κ3) is 4.30. The lowest BCUT2D eigenvalue weighted by atomic mass is 9.97. The lowest BCUT2D eigenvalue weighted by molar-refractivity contribution is 0.341. The van der Waals surface area contributed by atoms with E-state index in [2.05, 4.69) is 9.71 Å². The van der Waals surface area contributed by atoms with Crippen molar-refractivity contribution in [3.05, 3.63) is 12.1 Å². The lowest BCUT2D eigenvalue weighted by Gasteiger charge is -2.21. The molecular formula is C13H22N2O5S2. The van der Waals surface area contributed by atoms with Gasteiger partial charge in [0.1, 0.15) is 0 Å². The van der Waals surface area contributed by atoms with Crippen molar-refractivity contribution in [1.82, 2.24) is 9.71 Å². The van der Waals surface area contributed by atoms with E-state index >= 15 is 0 Å². The first-order chi connectivity index (χ1) is 10.00. The van der Waals surface area contributed by atoms with Crippen LogP contribution in [0, 0.1) is 5.92 Å². The highest BCUT2D eigenvalue weighted by molar-refractivity contribution is 7.91. The summed E-state index contributed by atoms with van der Waals surface area (Å²) in [5, 5.41) is -0.240. The zero-order valence-corrected chi connectivity index (χ0v) is 14.6. The first kappa shape index (κ1) is 17.4. The number of aromatic nitrogens is 1. The predicted octanol–water partition coefficient (Wildman–Crippen LogP) is 1.08. The molecule has 0 spiro atoms. The molecule has 1 atom stereocenters. The van der Waals surface area contributed by atoms with Crippen LogP contribution in [0.1, 0.15) is 39.5 Å². The van der Waals surface area contributed by atoms with Crippen LogP contribution >= 0.6 is 0 Å². The van der Waals surface area contributed by atoms with E-state index in [1.54, 1.807) is 0 Å². The van der Waals surface area contributed by atoms with Crippen LogP contribution in [-0.2, 0) is 25.3 Å². The van der Waals surface area contributed by atoms with Gasteiger partial charge in [0.25, 0.3) is 15.1 Å². The minimum atomic E-state index is -3.81. The molecule has 9 heteroatoms. The minimum Gasteiger partial charge on any atom is -0.427 e. The summed E-state index contributed by atoms with van der Waals surface area (Å²) in [5.74, 6) is 0.360. The second-order valence-electron chi connectivity index (χ2n) is 6.71. The Morgan fingerprint density at radius 2 is 2.09 bits per heavy atom. The molecule has 0 aliphatic carbocycles. The minimum absolute atomic E-state index is 0.0270. The highest BCUT2D eigenvalue weighted by atomic mass is 32.2. The van der Waals surface area contributed by atoms with Gasteiger partial charge in [0.2, 0.25) is 5.89 Å². The van der Waals surface area contributed by atoms with E-state index in [1.165, 1.54) is 6.20 Å². The molecule has 1 aromatic heterocycles. The Kier molecular flexibility index (Phi) is 4.70. The van der Waals surface area contributed by atoms with Gasteiger partial charge in [-0.25, -0.2) is 26.5 Å². The average molecular weight is 350 g/mol. The fraction of sp³-hybridized carbons (Fsp3) is 0.769. The van der Waals surface area contributed by atoms with Crippen molar-refractivity contribution in [1.29, 1.82) is 0 Å². The number of nitrogens with one attached hydrogen (secondary N) is 1. The summed E-state index contributed by atoms with van der Waals surface area (Å²) in [5.41, 5.74) is -0.384. The molecule has 1 unspecified atom stereocenters. The Bertz CT molecular complexity index is 729. The Labute approximate surface area is 131 Å². The molecule has 1 aliphatic rings. The van der Waals surface area contributed by atoms with Gasteiger partial charge in [-0.3, -0.25) is 0 Å². The number of hydrogen-bond donors (Lipinski definition) is 1. The number of sulfonamides is 1. The van der Waals surface area contributed by atoms with Gasteiger partial charge in [-0.1, -0.05) is 20.8 Å². The van der Waals surface area contributed by atoms with E-state index < -0.39 is 19.9 Å². The first-order valence-electron chi connectivity index (χ1n) is 7.16. The van der Waals surface area contributed by atoms with Gasteiger partial charge in [-0.2, -0.15) is 0 Å². The van der Waals surface area contributed by atoms with Gasteiger partial charge in [0.05, 0.1) is 17.7 Å². The Hall–Kier alpha value is -0.930. The van der Waals surface area contributed by atoms with Gasteiger partial charge in [-0.15, -0.1) is 0 Å². The zero-order valence-electron chi connectivity index (χ0n) is 13.0. The smallest absolute Gasteiger partial charge is 0.275 e. The molecule has 1 saturated heterocycles. The van der Waals surface area contributed by atoms with Crippen molar-refractivity contribution in [2.45, 2.75) is 44.1 Å². The number of rotatable bonds is 4. The maximum absolute atomic E-state index is 12.2. The van der Waals surface area contributed by atoms with Crippen LogP contribution < -0.4 is 4.72 Å². The summed E-state index contributed by atoms with van der Waals surface area (Å²) in [6.45, 7) is 5.70. The van der Waals surface area contributed by atoms with Crippen molar-refractivity contribution < 1.29 is 21.3 Å². The summed E-state index contributed by atoms with van der Waals surface area (Å²) in [6, 6.07) is 0. The van der Waals surface area contributed by atoms with Gasteiger partial charge >= 0.3 is 0 Å². The number of sulfone groups is 1. The second-order valence-corrected chi connectivity index (χ2v) is 10.6. The van der Waals surface area contributed by atoms with E-state index in [-0.39, 0.29) is 34.5 Å². The van der Waals surface area contributed by atoms with Crippen LogP contribution in [0.5, 0.6) is 0 Å². The molecule has 1 N–H and O–H groups in total. The largest absolute Gasteiger partial charge is 0.427 e. The van der Waals surface area contributed by atoms with Crippen molar-refractivity contribution in [2.24, 2.45) is 5.92 Å². The average Bonchev–Trinajstić information content (AvgIpc) is 2.85. The third-order valence-corrected chi connectivity index (χ3v) is 6.67. The standard InChI is InChI=1S/C13H22N2O5S2/c1-13(2,3)12-14-8-11(20-12)22(18,19)15-7-10-5-4-6-21(16,17)9-10/h8,10,15H,4-7,9H2,1-3H3. The summed E-state index contributed by atoms with van der Waals surface area (Å²) in [7, 11) is -6.86. The molecule has 0 radical (unpaired) electrons. The molecule has 0 aromatic carbocycles. The fourth-order valence-electron chi connectivity index (χ4n) is 2.31. The molecule has 7 nitrogen and oxygen atoms in total. The highest BCUT2D eigenvalue weighted by Crippen LogP contribution is 2.24. The lowest BCUT2D eigenvalue weighted by Crippen LogP contribution is -2.35. The molecule has 126 valence electrons. The summed E-state index contributed by atoms with van der Waals surface area (Å²) in [6.07, 6.45) is 2.46. The number of nitrogens with zero attached hydrogens (tertiary/aromatic N) is 1. The number of hydrogen-bond acceptors (Lipinski definition) is 6. The van der Waals surface area contributed by atoms with Crippen molar-refractivity contribution >= 4 is 19.9 Å².